The van der Waals surface area contributed by atoms with Gasteiger partial charge in [-0.1, -0.05) is 39.7 Å². The summed E-state index contributed by atoms with van der Waals surface area (Å²) in [6.07, 6.45) is 0. The number of hydrogen-bond donors (Lipinski definition) is 1. The van der Waals surface area contributed by atoms with Crippen LogP contribution in [0.4, 0.5) is 5.69 Å². The van der Waals surface area contributed by atoms with Crippen molar-refractivity contribution in [1.29, 1.82) is 0 Å². The molecule has 0 bridgehead atoms. The lowest BCUT2D eigenvalue weighted by Crippen LogP contribution is -2.29. The van der Waals surface area contributed by atoms with E-state index in [1.807, 2.05) is 54.6 Å². The van der Waals surface area contributed by atoms with E-state index < -0.39 is 6.04 Å². The van der Waals surface area contributed by atoms with E-state index in [-0.39, 0.29) is 5.91 Å². The van der Waals surface area contributed by atoms with Gasteiger partial charge in [0, 0.05) is 37.9 Å². The zero-order valence-corrected chi connectivity index (χ0v) is 20.1. The first-order valence-corrected chi connectivity index (χ1v) is 11.3. The average molecular weight is 525 g/mol. The highest BCUT2D eigenvalue weighted by atomic mass is 79.9. The second-order valence-corrected chi connectivity index (χ2v) is 8.88. The van der Waals surface area contributed by atoms with Crippen molar-refractivity contribution in [2.24, 2.45) is 0 Å². The minimum atomic E-state index is -0.466. The molecule has 1 aliphatic rings. The van der Waals surface area contributed by atoms with Gasteiger partial charge in [0.1, 0.15) is 17.2 Å². The number of hydrogen-bond acceptors (Lipinski definition) is 4. The molecule has 4 aromatic rings. The van der Waals surface area contributed by atoms with Gasteiger partial charge in [-0.2, -0.15) is 5.10 Å². The molecule has 1 amide bonds. The van der Waals surface area contributed by atoms with Crippen molar-refractivity contribution in [2.45, 2.75) is 6.04 Å². The van der Waals surface area contributed by atoms with Gasteiger partial charge in [0.05, 0.1) is 26.0 Å². The van der Waals surface area contributed by atoms with Crippen LogP contribution >= 0.6 is 27.5 Å². The summed E-state index contributed by atoms with van der Waals surface area (Å²) < 4.78 is 12.1. The molecule has 0 radical (unpaired) electrons. The van der Waals surface area contributed by atoms with Crippen LogP contribution in [0.2, 0.25) is 5.02 Å². The summed E-state index contributed by atoms with van der Waals surface area (Å²) in [5.41, 5.74) is 4.40. The van der Waals surface area contributed by atoms with Crippen LogP contribution in [-0.4, -0.2) is 30.3 Å². The maximum absolute atomic E-state index is 13.6. The summed E-state index contributed by atoms with van der Waals surface area (Å²) in [6.45, 7) is 0. The molecule has 0 spiro atoms. The third-order valence-corrected chi connectivity index (χ3v) is 6.51. The third-order valence-electron chi connectivity index (χ3n) is 5.73. The van der Waals surface area contributed by atoms with E-state index in [1.54, 1.807) is 31.3 Å². The van der Waals surface area contributed by atoms with Crippen molar-refractivity contribution in [3.8, 4) is 22.8 Å². The highest BCUT2D eigenvalue weighted by molar-refractivity contribution is 9.10. The van der Waals surface area contributed by atoms with Crippen LogP contribution < -0.4 is 14.4 Å². The van der Waals surface area contributed by atoms with Crippen molar-refractivity contribution in [1.82, 2.24) is 10.2 Å². The van der Waals surface area contributed by atoms with Gasteiger partial charge >= 0.3 is 0 Å². The van der Waals surface area contributed by atoms with E-state index in [0.29, 0.717) is 27.9 Å². The largest absolute Gasteiger partial charge is 0.497 e. The van der Waals surface area contributed by atoms with E-state index in [2.05, 4.69) is 26.1 Å². The van der Waals surface area contributed by atoms with Crippen LogP contribution in [0.25, 0.3) is 11.3 Å². The number of anilines is 1. The highest BCUT2D eigenvalue weighted by Gasteiger charge is 2.44. The second kappa shape index (κ2) is 8.57. The number of nitrogens with zero attached hydrogens (tertiary/aromatic N) is 2. The predicted octanol–water partition coefficient (Wildman–Crippen LogP) is 6.26. The fourth-order valence-corrected chi connectivity index (χ4v) is 4.57. The molecule has 5 rings (SSSR count). The van der Waals surface area contributed by atoms with Gasteiger partial charge in [0.2, 0.25) is 0 Å². The standard InChI is InChI=1S/C25H19BrClN3O3/c1-32-18-11-12-19(20(13-18)33-2)24-21-22(14-3-5-15(26)6-4-14)28-29-23(21)25(31)30(24)17-9-7-16(27)8-10-17/h3-13,24H,1-2H3,(H,28,29)/t24-/m1/s1. The smallest absolute Gasteiger partial charge is 0.277 e. The van der Waals surface area contributed by atoms with Gasteiger partial charge in [0.25, 0.3) is 5.91 Å². The van der Waals surface area contributed by atoms with E-state index in [0.717, 1.165) is 26.9 Å². The maximum atomic E-state index is 13.6. The maximum Gasteiger partial charge on any atom is 0.277 e. The fraction of sp³-hybridized carbons (Fsp3) is 0.120. The van der Waals surface area contributed by atoms with Crippen LogP contribution in [-0.2, 0) is 0 Å². The normalized spacial score (nSPS) is 15.0. The summed E-state index contributed by atoms with van der Waals surface area (Å²) >= 11 is 9.60. The number of fused-ring (bicyclic) bond motifs is 1. The van der Waals surface area contributed by atoms with Gasteiger partial charge in [0.15, 0.2) is 0 Å². The van der Waals surface area contributed by atoms with Crippen LogP contribution in [0, 0.1) is 0 Å². The first-order chi connectivity index (χ1) is 16.0. The zero-order chi connectivity index (χ0) is 23.1. The molecular weight excluding hydrogens is 506 g/mol. The number of amides is 1. The van der Waals surface area contributed by atoms with Gasteiger partial charge in [-0.05, 0) is 48.5 Å². The number of halogens is 2. The minimum Gasteiger partial charge on any atom is -0.497 e. The molecule has 0 unspecified atom stereocenters. The average Bonchev–Trinajstić information content (AvgIpc) is 3.39. The lowest BCUT2D eigenvalue weighted by molar-refractivity contribution is 0.0988. The molecular formula is C25H19BrClN3O3. The first kappa shape index (κ1) is 21.6. The van der Waals surface area contributed by atoms with Gasteiger partial charge in [-0.25, -0.2) is 0 Å². The van der Waals surface area contributed by atoms with Crippen LogP contribution in [0.5, 0.6) is 11.5 Å². The molecule has 1 aliphatic heterocycles. The first-order valence-electron chi connectivity index (χ1n) is 10.2. The number of ether oxygens (including phenoxy) is 2. The van der Waals surface area contributed by atoms with E-state index in [4.69, 9.17) is 21.1 Å². The van der Waals surface area contributed by atoms with Crippen molar-refractivity contribution in [3.05, 3.63) is 93.0 Å². The van der Waals surface area contributed by atoms with E-state index in [1.165, 1.54) is 0 Å². The molecule has 0 saturated carbocycles. The zero-order valence-electron chi connectivity index (χ0n) is 17.8. The number of H-pyrrole nitrogens is 1. The molecule has 33 heavy (non-hydrogen) atoms. The Labute approximate surface area is 204 Å². The Bertz CT molecular complexity index is 1340. The number of carbonyl (C=O) groups excluding carboxylic acids is 1. The van der Waals surface area contributed by atoms with Crippen molar-refractivity contribution in [3.63, 3.8) is 0 Å². The number of benzene rings is 3. The van der Waals surface area contributed by atoms with Gasteiger partial charge in [-0.3, -0.25) is 14.8 Å². The number of aromatic nitrogens is 2. The monoisotopic (exact) mass is 523 g/mol. The van der Waals surface area contributed by atoms with Crippen molar-refractivity contribution >= 4 is 39.1 Å². The molecule has 2 heterocycles. The Hall–Kier alpha value is -3.29. The molecule has 0 fully saturated rings. The Morgan fingerprint density at radius 1 is 1.00 bits per heavy atom. The minimum absolute atomic E-state index is 0.175. The Morgan fingerprint density at radius 2 is 1.73 bits per heavy atom. The Kier molecular flexibility index (Phi) is 5.60. The highest BCUT2D eigenvalue weighted by Crippen LogP contribution is 2.48. The van der Waals surface area contributed by atoms with Crippen LogP contribution in [0.1, 0.15) is 27.7 Å². The fourth-order valence-electron chi connectivity index (χ4n) is 4.18. The Balaban J connectivity index is 1.74. The summed E-state index contributed by atoms with van der Waals surface area (Å²) in [7, 11) is 3.21. The topological polar surface area (TPSA) is 67.5 Å². The number of rotatable bonds is 5. The van der Waals surface area contributed by atoms with Crippen LogP contribution in [0.15, 0.2) is 71.2 Å². The van der Waals surface area contributed by atoms with E-state index >= 15 is 0 Å². The second-order valence-electron chi connectivity index (χ2n) is 7.53. The number of aromatic amines is 1. The molecule has 3 aromatic carbocycles. The summed E-state index contributed by atoms with van der Waals surface area (Å²) in [4.78, 5) is 15.4. The molecule has 1 aromatic heterocycles. The molecule has 6 nitrogen and oxygen atoms in total. The summed E-state index contributed by atoms with van der Waals surface area (Å²) in [5.74, 6) is 1.10. The number of nitrogens with one attached hydrogen (secondary N) is 1. The molecule has 0 aliphatic carbocycles. The molecule has 0 saturated heterocycles. The summed E-state index contributed by atoms with van der Waals surface area (Å²) in [6, 6.07) is 20.2. The van der Waals surface area contributed by atoms with Gasteiger partial charge < -0.3 is 9.47 Å². The molecule has 166 valence electrons. The third kappa shape index (κ3) is 3.67. The summed E-state index contributed by atoms with van der Waals surface area (Å²) in [5, 5.41) is 8.09. The molecule has 1 atom stereocenters. The van der Waals surface area contributed by atoms with Crippen molar-refractivity contribution < 1.29 is 14.3 Å². The lowest BCUT2D eigenvalue weighted by Gasteiger charge is -2.28. The van der Waals surface area contributed by atoms with Crippen LogP contribution in [0.3, 0.4) is 0 Å². The Morgan fingerprint density at radius 3 is 2.39 bits per heavy atom. The predicted molar refractivity (Wildman–Crippen MR) is 131 cm³/mol. The quantitative estimate of drug-likeness (QED) is 0.335. The van der Waals surface area contributed by atoms with E-state index in [9.17, 15) is 4.79 Å². The van der Waals surface area contributed by atoms with Crippen molar-refractivity contribution in [2.75, 3.05) is 19.1 Å². The number of methoxy groups -OCH3 is 2. The lowest BCUT2D eigenvalue weighted by atomic mass is 9.95. The molecule has 1 N–H and O–H groups in total. The number of carbonyl (C=O) groups is 1. The molecule has 8 heteroatoms. The van der Waals surface area contributed by atoms with Gasteiger partial charge in [-0.15, -0.1) is 0 Å². The SMILES string of the molecule is COc1ccc([C@@H]2c3c(-c4ccc(Br)cc4)n[nH]c3C(=O)N2c2ccc(Cl)cc2)c(OC)c1.